The van der Waals surface area contributed by atoms with Gasteiger partial charge in [0.05, 0.1) is 16.6 Å². The van der Waals surface area contributed by atoms with Crippen molar-refractivity contribution in [1.29, 1.82) is 0 Å². The highest BCUT2D eigenvalue weighted by molar-refractivity contribution is 5.93. The quantitative estimate of drug-likeness (QED) is 0.534. The molecule has 1 amide bonds. The second-order valence-electron chi connectivity index (χ2n) is 5.96. The smallest absolute Gasteiger partial charge is 0.246 e. The van der Waals surface area contributed by atoms with Crippen LogP contribution in [-0.2, 0) is 11.3 Å². The third kappa shape index (κ3) is 3.09. The normalized spacial score (nSPS) is 12.6. The van der Waals surface area contributed by atoms with Gasteiger partial charge in [-0.15, -0.1) is 0 Å². The van der Waals surface area contributed by atoms with Crippen LogP contribution in [-0.4, -0.2) is 30.8 Å². The first-order chi connectivity index (χ1) is 12.1. The Morgan fingerprint density at radius 3 is 2.92 bits per heavy atom. The molecule has 2 aromatic carbocycles. The summed E-state index contributed by atoms with van der Waals surface area (Å²) in [6.45, 7) is 1.78. The fourth-order valence-corrected chi connectivity index (χ4v) is 2.75. The van der Waals surface area contributed by atoms with Crippen LogP contribution < -0.4 is 5.32 Å². The van der Waals surface area contributed by atoms with Crippen LogP contribution in [0.15, 0.2) is 48.7 Å². The molecule has 7 nitrogen and oxygen atoms in total. The number of aliphatic hydroxyl groups is 1. The number of aliphatic hydroxyl groups excluding tert-OH is 1. The van der Waals surface area contributed by atoms with Crippen molar-refractivity contribution in [3.05, 3.63) is 54.5 Å². The van der Waals surface area contributed by atoms with Crippen LogP contribution in [0.3, 0.4) is 0 Å². The summed E-state index contributed by atoms with van der Waals surface area (Å²) in [4.78, 5) is 19.6. The van der Waals surface area contributed by atoms with E-state index in [2.05, 4.69) is 20.4 Å². The van der Waals surface area contributed by atoms with Gasteiger partial charge in [-0.1, -0.05) is 18.2 Å². The van der Waals surface area contributed by atoms with E-state index in [1.165, 1.54) is 0 Å². The summed E-state index contributed by atoms with van der Waals surface area (Å²) < 4.78 is 1.63. The summed E-state index contributed by atoms with van der Waals surface area (Å²) in [7, 11) is 0. The molecular weight excluding hydrogens is 318 g/mol. The minimum Gasteiger partial charge on any atom is -0.385 e. The summed E-state index contributed by atoms with van der Waals surface area (Å²) in [5.41, 5.74) is 3.03. The summed E-state index contributed by atoms with van der Waals surface area (Å²) in [5, 5.41) is 17.8. The molecule has 126 valence electrons. The van der Waals surface area contributed by atoms with Crippen LogP contribution in [0.5, 0.6) is 0 Å². The predicted octanol–water partition coefficient (Wildman–Crippen LogP) is 2.60. The van der Waals surface area contributed by atoms with Crippen LogP contribution in [0.25, 0.3) is 21.9 Å². The van der Waals surface area contributed by atoms with E-state index in [1.807, 2.05) is 30.5 Å². The number of imidazole rings is 1. The Kier molecular flexibility index (Phi) is 3.70. The molecule has 4 aromatic rings. The Morgan fingerprint density at radius 1 is 1.28 bits per heavy atom. The number of benzene rings is 2. The molecule has 0 spiro atoms. The lowest BCUT2D eigenvalue weighted by Crippen LogP contribution is -2.18. The molecule has 2 heterocycles. The van der Waals surface area contributed by atoms with Gasteiger partial charge in [-0.25, -0.2) is 4.98 Å². The number of aromatic amines is 1. The van der Waals surface area contributed by atoms with E-state index >= 15 is 0 Å². The number of rotatable bonds is 4. The minimum absolute atomic E-state index is 0.134. The lowest BCUT2D eigenvalue weighted by molar-refractivity contribution is -0.116. The fourth-order valence-electron chi connectivity index (χ4n) is 2.75. The Bertz CT molecular complexity index is 1030. The summed E-state index contributed by atoms with van der Waals surface area (Å²) in [6.07, 6.45) is 1.18. The Hall–Kier alpha value is -3.19. The number of anilines is 1. The van der Waals surface area contributed by atoms with Gasteiger partial charge in [0.1, 0.15) is 18.5 Å². The standard InChI is InChI=1S/C18H17N5O2/c1-11(24)18-20-15-7-6-13(8-16(15)21-18)19-17(25)10-23-9-12-4-2-3-5-14(12)22-23/h2-9,11,24H,10H2,1H3,(H,19,25)(H,20,21). The van der Waals surface area contributed by atoms with Crippen molar-refractivity contribution in [2.75, 3.05) is 5.32 Å². The molecule has 25 heavy (non-hydrogen) atoms. The average molecular weight is 335 g/mol. The van der Waals surface area contributed by atoms with Gasteiger partial charge >= 0.3 is 0 Å². The van der Waals surface area contributed by atoms with E-state index in [4.69, 9.17) is 0 Å². The molecule has 0 saturated carbocycles. The molecule has 2 aromatic heterocycles. The molecule has 0 fully saturated rings. The molecule has 0 bridgehead atoms. The molecule has 0 aliphatic heterocycles. The third-order valence-corrected chi connectivity index (χ3v) is 3.95. The number of carbonyl (C=O) groups is 1. The molecule has 1 unspecified atom stereocenters. The van der Waals surface area contributed by atoms with Gasteiger partial charge in [-0.05, 0) is 31.2 Å². The number of nitrogens with zero attached hydrogens (tertiary/aromatic N) is 3. The molecule has 0 radical (unpaired) electrons. The lowest BCUT2D eigenvalue weighted by Gasteiger charge is -2.05. The SMILES string of the molecule is CC(O)c1nc2ccc(NC(=O)Cn3cc4ccccc4n3)cc2[nH]1. The fraction of sp³-hybridized carbons (Fsp3) is 0.167. The number of H-pyrrole nitrogens is 1. The maximum absolute atomic E-state index is 12.3. The van der Waals surface area contributed by atoms with E-state index in [1.54, 1.807) is 29.8 Å². The highest BCUT2D eigenvalue weighted by Gasteiger charge is 2.10. The van der Waals surface area contributed by atoms with Gasteiger partial charge in [0.15, 0.2) is 0 Å². The Balaban J connectivity index is 1.50. The van der Waals surface area contributed by atoms with Crippen molar-refractivity contribution in [3.63, 3.8) is 0 Å². The molecule has 4 rings (SSSR count). The Labute approximate surface area is 143 Å². The number of amides is 1. The minimum atomic E-state index is -0.667. The van der Waals surface area contributed by atoms with Crippen LogP contribution >= 0.6 is 0 Å². The van der Waals surface area contributed by atoms with E-state index in [0.29, 0.717) is 11.5 Å². The topological polar surface area (TPSA) is 95.8 Å². The van der Waals surface area contributed by atoms with Crippen molar-refractivity contribution in [2.45, 2.75) is 19.6 Å². The number of hydrogen-bond donors (Lipinski definition) is 3. The second kappa shape index (κ2) is 6.03. The molecule has 3 N–H and O–H groups in total. The molecule has 0 saturated heterocycles. The van der Waals surface area contributed by atoms with Crippen molar-refractivity contribution < 1.29 is 9.90 Å². The maximum atomic E-state index is 12.3. The van der Waals surface area contributed by atoms with Gasteiger partial charge in [-0.2, -0.15) is 5.10 Å². The molecule has 0 aliphatic carbocycles. The summed E-state index contributed by atoms with van der Waals surface area (Å²) in [6, 6.07) is 13.1. The van der Waals surface area contributed by atoms with Crippen molar-refractivity contribution in [2.24, 2.45) is 0 Å². The van der Waals surface area contributed by atoms with Crippen LogP contribution in [0.1, 0.15) is 18.9 Å². The first kappa shape index (κ1) is 15.3. The zero-order chi connectivity index (χ0) is 17.4. The van der Waals surface area contributed by atoms with Crippen molar-refractivity contribution >= 4 is 33.5 Å². The number of aromatic nitrogens is 4. The van der Waals surface area contributed by atoms with Crippen molar-refractivity contribution in [3.8, 4) is 0 Å². The zero-order valence-corrected chi connectivity index (χ0v) is 13.6. The monoisotopic (exact) mass is 335 g/mol. The van der Waals surface area contributed by atoms with E-state index in [9.17, 15) is 9.90 Å². The first-order valence-corrected chi connectivity index (χ1v) is 7.98. The average Bonchev–Trinajstić information content (AvgIpc) is 3.17. The number of carbonyl (C=O) groups excluding carboxylic acids is 1. The van der Waals surface area contributed by atoms with Gasteiger partial charge < -0.3 is 15.4 Å². The second-order valence-corrected chi connectivity index (χ2v) is 5.96. The largest absolute Gasteiger partial charge is 0.385 e. The molecular formula is C18H17N5O2. The maximum Gasteiger partial charge on any atom is 0.246 e. The number of nitrogens with one attached hydrogen (secondary N) is 2. The van der Waals surface area contributed by atoms with E-state index in [-0.39, 0.29) is 12.5 Å². The number of hydrogen-bond acceptors (Lipinski definition) is 4. The highest BCUT2D eigenvalue weighted by Crippen LogP contribution is 2.20. The van der Waals surface area contributed by atoms with Gasteiger partial charge in [-0.3, -0.25) is 9.48 Å². The first-order valence-electron chi connectivity index (χ1n) is 7.98. The lowest BCUT2D eigenvalue weighted by atomic mass is 10.2. The summed E-state index contributed by atoms with van der Waals surface area (Å²) in [5.74, 6) is 0.337. The highest BCUT2D eigenvalue weighted by atomic mass is 16.3. The predicted molar refractivity (Wildman–Crippen MR) is 95.1 cm³/mol. The van der Waals surface area contributed by atoms with Crippen LogP contribution in [0.2, 0.25) is 0 Å². The summed E-state index contributed by atoms with van der Waals surface area (Å²) >= 11 is 0. The van der Waals surface area contributed by atoms with Crippen LogP contribution in [0, 0.1) is 0 Å². The van der Waals surface area contributed by atoms with Gasteiger partial charge in [0, 0.05) is 17.3 Å². The van der Waals surface area contributed by atoms with Crippen molar-refractivity contribution in [1.82, 2.24) is 19.7 Å². The van der Waals surface area contributed by atoms with Crippen LogP contribution in [0.4, 0.5) is 5.69 Å². The number of fused-ring (bicyclic) bond motifs is 2. The van der Waals surface area contributed by atoms with Gasteiger partial charge in [0.25, 0.3) is 0 Å². The van der Waals surface area contributed by atoms with Gasteiger partial charge in [0.2, 0.25) is 5.91 Å². The molecule has 7 heteroatoms. The van der Waals surface area contributed by atoms with E-state index in [0.717, 1.165) is 21.9 Å². The van der Waals surface area contributed by atoms with E-state index < -0.39 is 6.10 Å². The zero-order valence-electron chi connectivity index (χ0n) is 13.6. The molecule has 0 aliphatic rings. The molecule has 1 atom stereocenters. The Morgan fingerprint density at radius 2 is 2.12 bits per heavy atom. The third-order valence-electron chi connectivity index (χ3n) is 3.95.